The number of hydrogen-bond donors (Lipinski definition) is 1. The number of likely N-dealkylation sites (N-methyl/N-ethyl adjacent to an activating group) is 1. The number of aliphatic hydroxyl groups is 1. The summed E-state index contributed by atoms with van der Waals surface area (Å²) in [5.41, 5.74) is -0.452. The average Bonchev–Trinajstić information content (AvgIpc) is 2.27. The van der Waals surface area contributed by atoms with E-state index < -0.39 is 5.60 Å². The van der Waals surface area contributed by atoms with E-state index in [1.54, 1.807) is 0 Å². The first-order valence-corrected chi connectivity index (χ1v) is 6.77. The number of hydrogen-bond acceptors (Lipinski definition) is 3. The molecule has 3 nitrogen and oxygen atoms in total. The molecule has 2 unspecified atom stereocenters. The van der Waals surface area contributed by atoms with Gasteiger partial charge in [-0.05, 0) is 39.2 Å². The van der Waals surface area contributed by atoms with Gasteiger partial charge in [0.05, 0.1) is 18.8 Å². The van der Waals surface area contributed by atoms with Crippen molar-refractivity contribution in [2.75, 3.05) is 20.3 Å². The second kappa shape index (κ2) is 5.51. The van der Waals surface area contributed by atoms with Crippen LogP contribution in [0.2, 0.25) is 0 Å². The van der Waals surface area contributed by atoms with Gasteiger partial charge < -0.3 is 9.84 Å². The summed E-state index contributed by atoms with van der Waals surface area (Å²) in [7, 11) is 2.16. The molecule has 2 rings (SSSR count). The molecule has 2 aliphatic rings. The Hall–Kier alpha value is -0.380. The normalized spacial score (nSPS) is 38.0. The Morgan fingerprint density at radius 1 is 1.35 bits per heavy atom. The molecule has 1 N–H and O–H groups in total. The van der Waals surface area contributed by atoms with Crippen molar-refractivity contribution < 1.29 is 9.84 Å². The Bertz CT molecular complexity index is 253. The molecule has 98 valence electrons. The number of unbranched alkanes of at least 4 members (excludes halogenated alkanes) is 2. The summed E-state index contributed by atoms with van der Waals surface area (Å²) >= 11 is 0. The highest BCUT2D eigenvalue weighted by molar-refractivity contribution is 4.98. The lowest BCUT2D eigenvalue weighted by atomic mass is 9.78. The van der Waals surface area contributed by atoms with Crippen molar-refractivity contribution in [2.45, 2.75) is 56.2 Å². The Morgan fingerprint density at radius 3 is 2.59 bits per heavy atom. The highest BCUT2D eigenvalue weighted by Gasteiger charge is 2.43. The van der Waals surface area contributed by atoms with Crippen molar-refractivity contribution in [3.8, 4) is 0 Å². The summed E-state index contributed by atoms with van der Waals surface area (Å²) in [6.07, 6.45) is 7.94. The summed E-state index contributed by atoms with van der Waals surface area (Å²) < 4.78 is 5.58. The van der Waals surface area contributed by atoms with Crippen molar-refractivity contribution in [1.82, 2.24) is 4.90 Å². The van der Waals surface area contributed by atoms with Crippen LogP contribution in [0.4, 0.5) is 0 Å². The van der Waals surface area contributed by atoms with E-state index in [9.17, 15) is 5.11 Å². The summed E-state index contributed by atoms with van der Waals surface area (Å²) in [5.74, 6) is 0. The molecule has 0 radical (unpaired) electrons. The number of morpholine rings is 1. The first kappa shape index (κ1) is 13.1. The van der Waals surface area contributed by atoms with Crippen LogP contribution in [-0.2, 0) is 4.74 Å². The Morgan fingerprint density at radius 2 is 2.00 bits per heavy atom. The molecule has 0 aromatic heterocycles. The lowest BCUT2D eigenvalue weighted by Gasteiger charge is -2.50. The van der Waals surface area contributed by atoms with Gasteiger partial charge >= 0.3 is 0 Å². The Labute approximate surface area is 104 Å². The van der Waals surface area contributed by atoms with Crippen molar-refractivity contribution in [3.05, 3.63) is 12.7 Å². The first-order valence-electron chi connectivity index (χ1n) is 6.77. The van der Waals surface area contributed by atoms with Gasteiger partial charge in [0.2, 0.25) is 0 Å². The van der Waals surface area contributed by atoms with Crippen LogP contribution in [0.3, 0.4) is 0 Å². The number of allylic oxidation sites excluding steroid dienone is 1. The summed E-state index contributed by atoms with van der Waals surface area (Å²) in [6.45, 7) is 5.29. The van der Waals surface area contributed by atoms with Crippen LogP contribution in [0.25, 0.3) is 0 Å². The minimum Gasteiger partial charge on any atom is -0.390 e. The third-order valence-electron chi connectivity index (χ3n) is 4.30. The van der Waals surface area contributed by atoms with Gasteiger partial charge in [0.1, 0.15) is 0 Å². The van der Waals surface area contributed by atoms with Gasteiger partial charge in [-0.2, -0.15) is 0 Å². The average molecular weight is 239 g/mol. The van der Waals surface area contributed by atoms with Crippen molar-refractivity contribution >= 4 is 0 Å². The molecule has 0 aromatic rings. The third kappa shape index (κ3) is 3.09. The predicted octanol–water partition coefficient (Wildman–Crippen LogP) is 1.96. The second-order valence-corrected chi connectivity index (χ2v) is 5.68. The highest BCUT2D eigenvalue weighted by Crippen LogP contribution is 2.36. The monoisotopic (exact) mass is 239 g/mol. The largest absolute Gasteiger partial charge is 0.390 e. The molecule has 2 fully saturated rings. The fourth-order valence-corrected chi connectivity index (χ4v) is 3.19. The van der Waals surface area contributed by atoms with Crippen molar-refractivity contribution in [2.24, 2.45) is 0 Å². The quantitative estimate of drug-likeness (QED) is 0.588. The van der Waals surface area contributed by atoms with E-state index >= 15 is 0 Å². The zero-order valence-corrected chi connectivity index (χ0v) is 10.9. The molecule has 3 heteroatoms. The van der Waals surface area contributed by atoms with Gasteiger partial charge in [-0.1, -0.05) is 12.5 Å². The van der Waals surface area contributed by atoms with E-state index in [4.69, 9.17) is 4.74 Å². The third-order valence-corrected chi connectivity index (χ3v) is 4.30. The van der Waals surface area contributed by atoms with Crippen LogP contribution in [0.5, 0.6) is 0 Å². The van der Waals surface area contributed by atoms with Gasteiger partial charge in [0.15, 0.2) is 0 Å². The minimum atomic E-state index is -0.452. The highest BCUT2D eigenvalue weighted by atomic mass is 16.5. The Kier molecular flexibility index (Phi) is 4.23. The molecule has 2 aliphatic heterocycles. The number of fused-ring (bicyclic) bond motifs is 2. The lowest BCUT2D eigenvalue weighted by molar-refractivity contribution is -0.137. The van der Waals surface area contributed by atoms with Gasteiger partial charge in [-0.25, -0.2) is 0 Å². The van der Waals surface area contributed by atoms with E-state index in [-0.39, 0.29) is 0 Å². The smallest absolute Gasteiger partial charge is 0.0679 e. The molecular weight excluding hydrogens is 214 g/mol. The van der Waals surface area contributed by atoms with Crippen molar-refractivity contribution in [3.63, 3.8) is 0 Å². The molecule has 2 saturated heterocycles. The molecule has 2 bridgehead atoms. The molecule has 2 atom stereocenters. The minimum absolute atomic E-state index is 0.409. The number of rotatable bonds is 5. The molecule has 17 heavy (non-hydrogen) atoms. The lowest BCUT2D eigenvalue weighted by Crippen LogP contribution is -2.60. The predicted molar refractivity (Wildman–Crippen MR) is 69.0 cm³/mol. The van der Waals surface area contributed by atoms with Crippen LogP contribution in [0.1, 0.15) is 38.5 Å². The van der Waals surface area contributed by atoms with E-state index in [1.165, 1.54) is 0 Å². The number of ether oxygens (including phenoxy) is 1. The summed E-state index contributed by atoms with van der Waals surface area (Å²) in [4.78, 5) is 2.39. The van der Waals surface area contributed by atoms with E-state index in [0.29, 0.717) is 12.1 Å². The van der Waals surface area contributed by atoms with Gasteiger partial charge in [0.25, 0.3) is 0 Å². The van der Waals surface area contributed by atoms with Crippen LogP contribution < -0.4 is 0 Å². The number of piperidine rings is 1. The van der Waals surface area contributed by atoms with Gasteiger partial charge in [-0.15, -0.1) is 6.58 Å². The van der Waals surface area contributed by atoms with Gasteiger partial charge in [0, 0.05) is 12.1 Å². The van der Waals surface area contributed by atoms with E-state index in [1.807, 2.05) is 6.08 Å². The molecule has 2 heterocycles. The Balaban J connectivity index is 1.86. The number of nitrogens with zero attached hydrogens (tertiary/aromatic N) is 1. The molecule has 0 amide bonds. The van der Waals surface area contributed by atoms with E-state index in [2.05, 4.69) is 18.5 Å². The second-order valence-electron chi connectivity index (χ2n) is 5.68. The maximum Gasteiger partial charge on any atom is 0.0679 e. The van der Waals surface area contributed by atoms with Crippen molar-refractivity contribution in [1.29, 1.82) is 0 Å². The molecular formula is C14H25NO2. The molecule has 0 saturated carbocycles. The van der Waals surface area contributed by atoms with Crippen LogP contribution >= 0.6 is 0 Å². The fourth-order valence-electron chi connectivity index (χ4n) is 3.19. The van der Waals surface area contributed by atoms with Crippen LogP contribution in [0.15, 0.2) is 12.7 Å². The standard InChI is InChI=1S/C14H25NO2/c1-3-4-5-6-7-14(16)8-12-10-17-11-13(9-14)15(12)2/h3,12-13,16H,1,4-11H2,2H3. The van der Waals surface area contributed by atoms with E-state index in [0.717, 1.165) is 51.7 Å². The summed E-state index contributed by atoms with van der Waals surface area (Å²) in [5, 5.41) is 10.7. The SMILES string of the molecule is C=CCCCCC1(O)CC2COCC(C1)N2C. The molecule has 0 aromatic carbocycles. The molecule has 0 aliphatic carbocycles. The summed E-state index contributed by atoms with van der Waals surface area (Å²) in [6, 6.07) is 0.818. The molecule has 0 spiro atoms. The van der Waals surface area contributed by atoms with Crippen LogP contribution in [0, 0.1) is 0 Å². The maximum absolute atomic E-state index is 10.7. The fraction of sp³-hybridized carbons (Fsp3) is 0.857. The van der Waals surface area contributed by atoms with Gasteiger partial charge in [-0.3, -0.25) is 4.90 Å². The topological polar surface area (TPSA) is 32.7 Å². The zero-order chi connectivity index (χ0) is 12.3. The first-order chi connectivity index (χ1) is 8.14. The zero-order valence-electron chi connectivity index (χ0n) is 10.9. The maximum atomic E-state index is 10.7. The van der Waals surface area contributed by atoms with Crippen LogP contribution in [-0.4, -0.2) is 48.0 Å².